The van der Waals surface area contributed by atoms with E-state index in [-0.39, 0.29) is 5.70 Å². The summed E-state index contributed by atoms with van der Waals surface area (Å²) in [5, 5.41) is 0. The molecule has 0 aromatic heterocycles. The summed E-state index contributed by atoms with van der Waals surface area (Å²) >= 11 is 0. The van der Waals surface area contributed by atoms with E-state index in [1.165, 1.54) is 0 Å². The minimum atomic E-state index is -2.81. The largest absolute Gasteiger partial charge is 0.469 e. The van der Waals surface area contributed by atoms with Gasteiger partial charge >= 0.3 is 35.8 Å². The Balaban J connectivity index is 2.42. The fourth-order valence-corrected chi connectivity index (χ4v) is 7.03. The number of carbonyl (C=O) groups is 6. The second kappa shape index (κ2) is 11.3. The molecule has 3 atom stereocenters. The van der Waals surface area contributed by atoms with Crippen LogP contribution in [-0.2, 0) is 57.2 Å². The van der Waals surface area contributed by atoms with Crippen LogP contribution in [0.2, 0.25) is 0 Å². The van der Waals surface area contributed by atoms with E-state index in [0.717, 1.165) is 59.3 Å². The molecule has 0 N–H and O–H groups in total. The van der Waals surface area contributed by atoms with Crippen molar-refractivity contribution in [3.05, 3.63) is 57.3 Å². The van der Waals surface area contributed by atoms with E-state index in [4.69, 9.17) is 28.4 Å². The molecule has 2 heterocycles. The normalized spacial score (nSPS) is 23.4. The molecule has 0 fully saturated rings. The lowest BCUT2D eigenvalue weighted by atomic mass is 9.39. The first-order valence-corrected chi connectivity index (χ1v) is 13.4. The topological polar surface area (TPSA) is 161 Å². The quantitative estimate of drug-likeness (QED) is 0.338. The maximum Gasteiger partial charge on any atom is 0.337 e. The van der Waals surface area contributed by atoms with E-state index in [1.807, 2.05) is 26.0 Å². The molecule has 1 aromatic carbocycles. The van der Waals surface area contributed by atoms with Crippen molar-refractivity contribution in [1.82, 2.24) is 0 Å². The number of hydrogen-bond acceptors (Lipinski definition) is 13. The Labute approximate surface area is 253 Å². The van der Waals surface area contributed by atoms with Crippen molar-refractivity contribution in [3.8, 4) is 0 Å². The summed E-state index contributed by atoms with van der Waals surface area (Å²) in [7, 11) is 5.98. The zero-order valence-electron chi connectivity index (χ0n) is 25.9. The van der Waals surface area contributed by atoms with Crippen molar-refractivity contribution in [2.24, 2.45) is 16.7 Å². The van der Waals surface area contributed by atoms with Gasteiger partial charge in [-0.25, -0.2) is 14.4 Å². The minimum Gasteiger partial charge on any atom is -0.469 e. The van der Waals surface area contributed by atoms with Crippen LogP contribution in [-0.4, -0.2) is 85.0 Å². The highest BCUT2D eigenvalue weighted by atomic mass is 16.6. The first kappa shape index (κ1) is 32.0. The number of carbonyl (C=O) groups excluding carboxylic acids is 6. The van der Waals surface area contributed by atoms with Crippen LogP contribution in [0.4, 0.5) is 5.69 Å². The van der Waals surface area contributed by atoms with Crippen molar-refractivity contribution < 1.29 is 57.2 Å². The minimum absolute atomic E-state index is 0.0178. The van der Waals surface area contributed by atoms with Gasteiger partial charge in [-0.3, -0.25) is 14.4 Å². The zero-order valence-corrected chi connectivity index (χ0v) is 25.9. The molecule has 3 aliphatic rings. The second-order valence-electron chi connectivity index (χ2n) is 10.5. The molecule has 0 saturated carbocycles. The predicted octanol–water partition coefficient (Wildman–Crippen LogP) is 1.73. The molecule has 0 radical (unpaired) electrons. The van der Waals surface area contributed by atoms with E-state index in [1.54, 1.807) is 17.9 Å². The number of hydrogen-bond donors (Lipinski definition) is 0. The molecule has 234 valence electrons. The Bertz CT molecular complexity index is 1610. The molecule has 3 unspecified atom stereocenters. The van der Waals surface area contributed by atoms with Crippen LogP contribution in [0.3, 0.4) is 0 Å². The van der Waals surface area contributed by atoms with Gasteiger partial charge in [0.25, 0.3) is 0 Å². The van der Waals surface area contributed by atoms with Crippen molar-refractivity contribution in [1.29, 1.82) is 0 Å². The van der Waals surface area contributed by atoms with Crippen LogP contribution in [0, 0.1) is 30.6 Å². The first-order valence-electron chi connectivity index (χ1n) is 13.4. The number of aryl methyl sites for hydroxylation is 2. The predicted molar refractivity (Wildman–Crippen MR) is 151 cm³/mol. The highest BCUT2D eigenvalue weighted by molar-refractivity contribution is 6.23. The number of rotatable bonds is 6. The highest BCUT2D eigenvalue weighted by Crippen LogP contribution is 2.71. The van der Waals surface area contributed by atoms with Gasteiger partial charge in [-0.2, -0.15) is 0 Å². The van der Waals surface area contributed by atoms with E-state index < -0.39 is 75.8 Å². The number of esters is 6. The summed E-state index contributed by atoms with van der Waals surface area (Å²) in [5.74, 6) is -9.14. The van der Waals surface area contributed by atoms with Crippen molar-refractivity contribution in [2.45, 2.75) is 20.8 Å². The van der Waals surface area contributed by atoms with Crippen molar-refractivity contribution in [2.75, 3.05) is 54.1 Å². The smallest absolute Gasteiger partial charge is 0.337 e. The highest BCUT2D eigenvalue weighted by Gasteiger charge is 2.85. The summed E-state index contributed by atoms with van der Waals surface area (Å²) in [6.07, 6.45) is 1.57. The number of fused-ring (bicyclic) bond motifs is 4. The van der Waals surface area contributed by atoms with Gasteiger partial charge in [-0.15, -0.1) is 0 Å². The Hall–Kier alpha value is -4.94. The summed E-state index contributed by atoms with van der Waals surface area (Å²) < 4.78 is 30.7. The van der Waals surface area contributed by atoms with Gasteiger partial charge < -0.3 is 33.3 Å². The van der Waals surface area contributed by atoms with Crippen LogP contribution < -0.4 is 4.90 Å². The fraction of sp³-hybridized carbons (Fsp3) is 0.419. The number of benzene rings is 1. The summed E-state index contributed by atoms with van der Waals surface area (Å²) in [6.45, 7) is 5.07. The van der Waals surface area contributed by atoms with Gasteiger partial charge in [0, 0.05) is 12.1 Å². The molecule has 0 spiro atoms. The number of ether oxygens (including phenoxy) is 6. The molecule has 0 bridgehead atoms. The van der Waals surface area contributed by atoms with Crippen LogP contribution in [0.15, 0.2) is 40.6 Å². The Kier molecular flexibility index (Phi) is 8.20. The lowest BCUT2D eigenvalue weighted by Gasteiger charge is -2.56. The van der Waals surface area contributed by atoms with Gasteiger partial charge in [0.1, 0.15) is 5.41 Å². The van der Waals surface area contributed by atoms with E-state index >= 15 is 0 Å². The van der Waals surface area contributed by atoms with Gasteiger partial charge in [-0.1, -0.05) is 11.6 Å². The van der Waals surface area contributed by atoms with Crippen molar-refractivity contribution in [3.63, 3.8) is 0 Å². The molecule has 1 aromatic rings. The third-order valence-corrected chi connectivity index (χ3v) is 8.57. The Morgan fingerprint density at radius 2 is 1.25 bits per heavy atom. The molecule has 0 amide bonds. The average molecular weight is 612 g/mol. The lowest BCUT2D eigenvalue weighted by Crippen LogP contribution is -2.71. The molecule has 13 heteroatoms. The van der Waals surface area contributed by atoms with Crippen LogP contribution in [0.1, 0.15) is 23.6 Å². The van der Waals surface area contributed by atoms with Crippen LogP contribution in [0.5, 0.6) is 0 Å². The SMILES string of the molecule is COC(=O)C1=C2C=C(C)c3cc(C)cc(C)c3N2CC(C(=O)OC)C2(C(=O)OC)C(C(=O)OC)=C(C(=O)OC)C12C(=O)OC. The molecule has 1 aliphatic carbocycles. The molecule has 4 rings (SSSR count). The average Bonchev–Trinajstić information content (AvgIpc) is 3.09. The van der Waals surface area contributed by atoms with Crippen LogP contribution >= 0.6 is 0 Å². The molecular weight excluding hydrogens is 578 g/mol. The van der Waals surface area contributed by atoms with Gasteiger partial charge in [0.15, 0.2) is 5.41 Å². The van der Waals surface area contributed by atoms with Crippen molar-refractivity contribution >= 4 is 47.1 Å². The molecule has 0 saturated heterocycles. The Morgan fingerprint density at radius 1 is 0.705 bits per heavy atom. The second-order valence-corrected chi connectivity index (χ2v) is 10.5. The monoisotopic (exact) mass is 611 g/mol. The molecule has 2 aliphatic heterocycles. The molecule has 44 heavy (non-hydrogen) atoms. The number of allylic oxidation sites excluding steroid dienone is 2. The molecular formula is C31H33NO12. The number of anilines is 1. The standard InChI is InChI=1S/C31H33NO12/c1-14-10-16(3)23-17(11-14)15(2)12-19-20(25(34)40-5)31(29(38)44-9)22(27(36)42-7)21(26(35)41-6)30(31,28(37)43-8)18(13-32(19)23)24(33)39-4/h10-12,18H,13H2,1-9H3. The number of methoxy groups -OCH3 is 6. The number of nitrogens with zero attached hydrogens (tertiary/aromatic N) is 1. The summed E-state index contributed by atoms with van der Waals surface area (Å²) in [6, 6.07) is 3.78. The van der Waals surface area contributed by atoms with E-state index in [2.05, 4.69) is 0 Å². The summed E-state index contributed by atoms with van der Waals surface area (Å²) in [4.78, 5) is 85.3. The zero-order chi connectivity index (χ0) is 32.9. The fourth-order valence-electron chi connectivity index (χ4n) is 7.03. The van der Waals surface area contributed by atoms with Gasteiger partial charge in [-0.05, 0) is 44.1 Å². The van der Waals surface area contributed by atoms with Crippen LogP contribution in [0.25, 0.3) is 5.57 Å². The third kappa shape index (κ3) is 3.84. The first-order chi connectivity index (χ1) is 20.8. The maximum atomic E-state index is 14.4. The lowest BCUT2D eigenvalue weighted by molar-refractivity contribution is -0.188. The molecule has 13 nitrogen and oxygen atoms in total. The van der Waals surface area contributed by atoms with Gasteiger partial charge in [0.05, 0.1) is 76.7 Å². The summed E-state index contributed by atoms with van der Waals surface area (Å²) in [5.41, 5.74) is -3.96. The maximum absolute atomic E-state index is 14.4. The van der Waals surface area contributed by atoms with E-state index in [9.17, 15) is 28.8 Å². The van der Waals surface area contributed by atoms with Gasteiger partial charge in [0.2, 0.25) is 0 Å². The van der Waals surface area contributed by atoms with E-state index in [0.29, 0.717) is 11.3 Å². The third-order valence-electron chi connectivity index (χ3n) is 8.57. The Morgan fingerprint density at radius 3 is 1.77 bits per heavy atom.